The fraction of sp³-hybridized carbons (Fsp3) is 0.167. The summed E-state index contributed by atoms with van der Waals surface area (Å²) in [5, 5.41) is 0. The summed E-state index contributed by atoms with van der Waals surface area (Å²) in [6, 6.07) is 6.86. The number of hydrogen-bond donors (Lipinski definition) is 0. The summed E-state index contributed by atoms with van der Waals surface area (Å²) < 4.78 is 4.61. The second-order valence-electron chi connectivity index (χ2n) is 2.71. The van der Waals surface area contributed by atoms with Crippen molar-refractivity contribution in [3.05, 3.63) is 35.4 Å². The molecule has 0 aliphatic heterocycles. The second kappa shape index (κ2) is 5.61. The molecule has 0 bridgehead atoms. The predicted octanol–water partition coefficient (Wildman–Crippen LogP) is 1.41. The van der Waals surface area contributed by atoms with Gasteiger partial charge >= 0.3 is 5.97 Å². The molecule has 0 radical (unpaired) electrons. The van der Waals surface area contributed by atoms with Gasteiger partial charge in [-0.05, 0) is 12.1 Å². The van der Waals surface area contributed by atoms with Crippen molar-refractivity contribution in [1.82, 2.24) is 0 Å². The predicted molar refractivity (Wildman–Crippen MR) is 55.3 cm³/mol. The standard InChI is InChI=1S/C12H10O3/c1-15-12(14)11-8-3-2-6-10(11)7-4-5-9-13/h2-3,6,8-9H,5H2,1H3. The van der Waals surface area contributed by atoms with E-state index in [1.807, 2.05) is 0 Å². The van der Waals surface area contributed by atoms with Crippen LogP contribution in [0.2, 0.25) is 0 Å². The van der Waals surface area contributed by atoms with E-state index in [0.717, 1.165) is 0 Å². The number of benzene rings is 1. The van der Waals surface area contributed by atoms with Crippen LogP contribution in [-0.2, 0) is 9.53 Å². The average Bonchev–Trinajstić information content (AvgIpc) is 2.29. The zero-order chi connectivity index (χ0) is 11.1. The van der Waals surface area contributed by atoms with Crippen LogP contribution in [0.1, 0.15) is 22.3 Å². The Hall–Kier alpha value is -2.08. The molecule has 0 aromatic heterocycles. The van der Waals surface area contributed by atoms with Crippen LogP contribution in [0.15, 0.2) is 24.3 Å². The first-order valence-electron chi connectivity index (χ1n) is 4.39. The van der Waals surface area contributed by atoms with Crippen molar-refractivity contribution in [2.45, 2.75) is 6.42 Å². The summed E-state index contributed by atoms with van der Waals surface area (Å²) in [7, 11) is 1.32. The minimum absolute atomic E-state index is 0.162. The van der Waals surface area contributed by atoms with E-state index in [1.165, 1.54) is 7.11 Å². The maximum absolute atomic E-state index is 11.3. The highest BCUT2D eigenvalue weighted by atomic mass is 16.5. The van der Waals surface area contributed by atoms with Gasteiger partial charge in [0.2, 0.25) is 0 Å². The minimum Gasteiger partial charge on any atom is -0.465 e. The molecule has 0 atom stereocenters. The van der Waals surface area contributed by atoms with Gasteiger partial charge in [0.15, 0.2) is 0 Å². The lowest BCUT2D eigenvalue weighted by atomic mass is 10.1. The molecule has 15 heavy (non-hydrogen) atoms. The fourth-order valence-corrected chi connectivity index (χ4v) is 1.07. The fourth-order valence-electron chi connectivity index (χ4n) is 1.07. The topological polar surface area (TPSA) is 43.4 Å². The summed E-state index contributed by atoms with van der Waals surface area (Å²) in [4.78, 5) is 21.4. The number of rotatable bonds is 2. The van der Waals surface area contributed by atoms with Crippen molar-refractivity contribution >= 4 is 12.3 Å². The number of carbonyl (C=O) groups is 2. The molecule has 3 nitrogen and oxygen atoms in total. The monoisotopic (exact) mass is 202 g/mol. The number of methoxy groups -OCH3 is 1. The molecule has 0 saturated carbocycles. The van der Waals surface area contributed by atoms with Gasteiger partial charge in [0.05, 0.1) is 19.1 Å². The number of aldehydes is 1. The maximum atomic E-state index is 11.3. The van der Waals surface area contributed by atoms with Crippen LogP contribution >= 0.6 is 0 Å². The van der Waals surface area contributed by atoms with Crippen molar-refractivity contribution < 1.29 is 14.3 Å². The van der Waals surface area contributed by atoms with Crippen molar-refractivity contribution in [1.29, 1.82) is 0 Å². The quantitative estimate of drug-likeness (QED) is 0.414. The Bertz CT molecular complexity index is 424. The third-order valence-corrected chi connectivity index (χ3v) is 1.74. The number of carbonyl (C=O) groups excluding carboxylic acids is 2. The molecule has 0 amide bonds. The van der Waals surface area contributed by atoms with Crippen LogP contribution in [0, 0.1) is 11.8 Å². The Balaban J connectivity index is 3.02. The van der Waals surface area contributed by atoms with E-state index < -0.39 is 5.97 Å². The first kappa shape index (κ1) is 11.0. The third-order valence-electron chi connectivity index (χ3n) is 1.74. The van der Waals surface area contributed by atoms with Gasteiger partial charge in [0.25, 0.3) is 0 Å². The normalized spacial score (nSPS) is 8.60. The van der Waals surface area contributed by atoms with E-state index in [4.69, 9.17) is 0 Å². The van der Waals surface area contributed by atoms with E-state index in [1.54, 1.807) is 24.3 Å². The van der Waals surface area contributed by atoms with Crippen LogP contribution < -0.4 is 0 Å². The Morgan fingerprint density at radius 3 is 2.87 bits per heavy atom. The van der Waals surface area contributed by atoms with Crippen LogP contribution in [0.5, 0.6) is 0 Å². The Morgan fingerprint density at radius 1 is 1.47 bits per heavy atom. The van der Waals surface area contributed by atoms with Gasteiger partial charge in [-0.1, -0.05) is 24.0 Å². The SMILES string of the molecule is COC(=O)c1ccccc1C#CCC=O. The molecule has 0 unspecified atom stereocenters. The second-order valence-corrected chi connectivity index (χ2v) is 2.71. The smallest absolute Gasteiger partial charge is 0.339 e. The molecule has 1 aromatic rings. The molecular weight excluding hydrogens is 192 g/mol. The van der Waals surface area contributed by atoms with Crippen LogP contribution in [0.25, 0.3) is 0 Å². The van der Waals surface area contributed by atoms with E-state index >= 15 is 0 Å². The molecular formula is C12H10O3. The average molecular weight is 202 g/mol. The van der Waals surface area contributed by atoms with E-state index in [-0.39, 0.29) is 6.42 Å². The van der Waals surface area contributed by atoms with E-state index in [0.29, 0.717) is 17.4 Å². The van der Waals surface area contributed by atoms with Crippen molar-refractivity contribution in [2.24, 2.45) is 0 Å². The lowest BCUT2D eigenvalue weighted by Gasteiger charge is -2.00. The zero-order valence-electron chi connectivity index (χ0n) is 8.32. The number of esters is 1. The largest absolute Gasteiger partial charge is 0.465 e. The van der Waals surface area contributed by atoms with Crippen LogP contribution in [-0.4, -0.2) is 19.4 Å². The Kier molecular flexibility index (Phi) is 4.11. The van der Waals surface area contributed by atoms with Gasteiger partial charge < -0.3 is 9.53 Å². The highest BCUT2D eigenvalue weighted by molar-refractivity contribution is 5.92. The van der Waals surface area contributed by atoms with Gasteiger partial charge in [-0.15, -0.1) is 0 Å². The molecule has 0 spiro atoms. The lowest BCUT2D eigenvalue weighted by molar-refractivity contribution is -0.107. The molecule has 0 aliphatic rings. The molecule has 0 aliphatic carbocycles. The molecule has 76 valence electrons. The number of hydrogen-bond acceptors (Lipinski definition) is 3. The Morgan fingerprint density at radius 2 is 2.20 bits per heavy atom. The van der Waals surface area contributed by atoms with Gasteiger partial charge in [0.1, 0.15) is 6.29 Å². The molecule has 0 heterocycles. The molecule has 0 N–H and O–H groups in total. The van der Waals surface area contributed by atoms with Crippen molar-refractivity contribution in [3.8, 4) is 11.8 Å². The molecule has 1 aromatic carbocycles. The number of ether oxygens (including phenoxy) is 1. The zero-order valence-corrected chi connectivity index (χ0v) is 8.32. The summed E-state index contributed by atoms with van der Waals surface area (Å²) >= 11 is 0. The Labute approximate surface area is 88.1 Å². The maximum Gasteiger partial charge on any atom is 0.339 e. The lowest BCUT2D eigenvalue weighted by Crippen LogP contribution is -2.03. The summed E-state index contributed by atoms with van der Waals surface area (Å²) in [6.45, 7) is 0. The third kappa shape index (κ3) is 2.96. The minimum atomic E-state index is -0.425. The van der Waals surface area contributed by atoms with Crippen molar-refractivity contribution in [3.63, 3.8) is 0 Å². The highest BCUT2D eigenvalue weighted by Crippen LogP contribution is 2.08. The first-order chi connectivity index (χ1) is 7.29. The van der Waals surface area contributed by atoms with Gasteiger partial charge in [-0.2, -0.15) is 0 Å². The molecule has 1 rings (SSSR count). The van der Waals surface area contributed by atoms with Gasteiger partial charge in [-0.25, -0.2) is 4.79 Å². The van der Waals surface area contributed by atoms with E-state index in [9.17, 15) is 9.59 Å². The van der Waals surface area contributed by atoms with E-state index in [2.05, 4.69) is 16.6 Å². The highest BCUT2D eigenvalue weighted by Gasteiger charge is 2.08. The summed E-state index contributed by atoms with van der Waals surface area (Å²) in [5.41, 5.74) is 0.990. The first-order valence-corrected chi connectivity index (χ1v) is 4.39. The van der Waals surface area contributed by atoms with Crippen molar-refractivity contribution in [2.75, 3.05) is 7.11 Å². The summed E-state index contributed by atoms with van der Waals surface area (Å²) in [5.74, 6) is 4.97. The molecule has 0 saturated heterocycles. The van der Waals surface area contributed by atoms with Gasteiger partial charge in [0, 0.05) is 5.56 Å². The van der Waals surface area contributed by atoms with Crippen LogP contribution in [0.4, 0.5) is 0 Å². The summed E-state index contributed by atoms with van der Waals surface area (Å²) in [6.07, 6.45) is 0.878. The molecule has 3 heteroatoms. The van der Waals surface area contributed by atoms with Gasteiger partial charge in [-0.3, -0.25) is 0 Å². The van der Waals surface area contributed by atoms with Crippen LogP contribution in [0.3, 0.4) is 0 Å². The molecule has 0 fully saturated rings.